The molecule has 0 unspecified atom stereocenters. The maximum absolute atomic E-state index is 6.81. The quantitative estimate of drug-likeness (QED) is 0.117. The number of hydrogen-bond acceptors (Lipinski definition) is 8. The summed E-state index contributed by atoms with van der Waals surface area (Å²) in [5.41, 5.74) is 10.6. The summed E-state index contributed by atoms with van der Waals surface area (Å²) in [6, 6.07) is 25.4. The standard InChI is InChI=1S/C64H74N8O2Si2.Zn/c1-21-39(36-73-75(17,18)63(11,12)13)40(37-74-76(19,20)64(14,15)16)24-22-38-23-28-44-48(32-38)56-67-52(44)65-53-46-30-26-42(61(5,6)7)34-50(46)58(69-53)72-59-51-35-43(62(8,9)10)27-31-47(51)55(70-59)66-54-45-29-25-41(60(2,3)4)33-49(45)57(68-54)71-56;/h1,23,25-35H,36-37H2,2-20H3;/q-2;+2/b40-39+;. The van der Waals surface area contributed by atoms with Gasteiger partial charge in [-0.25, -0.2) is 9.97 Å². The first-order chi connectivity index (χ1) is 35.2. The zero-order valence-corrected chi connectivity index (χ0v) is 54.0. The zero-order valence-electron chi connectivity index (χ0n) is 49.0. The first-order valence-electron chi connectivity index (χ1n) is 26.5. The van der Waals surface area contributed by atoms with Crippen LogP contribution in [0.1, 0.15) is 126 Å². The van der Waals surface area contributed by atoms with E-state index in [1.54, 1.807) is 0 Å². The van der Waals surface area contributed by atoms with Crippen molar-refractivity contribution in [2.75, 3.05) is 13.2 Å². The van der Waals surface area contributed by atoms with Gasteiger partial charge in [0.15, 0.2) is 16.6 Å². The van der Waals surface area contributed by atoms with Crippen LogP contribution in [0.5, 0.6) is 0 Å². The molecule has 0 N–H and O–H groups in total. The molecule has 7 aromatic rings. The van der Waals surface area contributed by atoms with Gasteiger partial charge >= 0.3 is 19.5 Å². The molecule has 0 spiro atoms. The van der Waals surface area contributed by atoms with Crippen LogP contribution in [0.2, 0.25) is 36.3 Å². The predicted molar refractivity (Wildman–Crippen MR) is 319 cm³/mol. The maximum Gasteiger partial charge on any atom is 2.00 e. The summed E-state index contributed by atoms with van der Waals surface area (Å²) in [5, 5.41) is 3.44. The van der Waals surface area contributed by atoms with Crippen LogP contribution < -0.4 is 9.97 Å². The third-order valence-corrected chi connectivity index (χ3v) is 24.9. The van der Waals surface area contributed by atoms with E-state index in [-0.39, 0.29) is 59.0 Å². The van der Waals surface area contributed by atoms with Crippen molar-refractivity contribution in [1.29, 1.82) is 0 Å². The van der Waals surface area contributed by atoms with Crippen LogP contribution in [0.4, 0.5) is 0 Å². The SMILES string of the molecule is C#C/C(CO[Si](C)(C)C(C)(C)C)=C(/C#Cc1ccc2c(c1)-c1nc-2nc2[n-]c(nc3nc(nc4[n-]c(n1)c1cc(C(C)(C)C)ccc41)-c1ccc(C(C)(C)C)cc1-3)c1cc(C(C)(C)C)ccc21)CO[Si](C)(C)C(C)(C)C.[Zn+2]. The Bertz CT molecular complexity index is 3820. The van der Waals surface area contributed by atoms with Crippen molar-refractivity contribution in [2.45, 2.75) is 156 Å². The van der Waals surface area contributed by atoms with Gasteiger partial charge in [-0.15, -0.1) is 6.42 Å². The van der Waals surface area contributed by atoms with Gasteiger partial charge in [-0.3, -0.25) is 0 Å². The van der Waals surface area contributed by atoms with E-state index >= 15 is 0 Å². The summed E-state index contributed by atoms with van der Waals surface area (Å²) in [5.74, 6) is 11.9. The van der Waals surface area contributed by atoms with Gasteiger partial charge in [0.25, 0.3) is 0 Å². The van der Waals surface area contributed by atoms with Crippen molar-refractivity contribution >= 4 is 60.8 Å². The number of hydrogen-bond donors (Lipinski definition) is 0. The normalized spacial score (nSPS) is 13.6. The van der Waals surface area contributed by atoms with Gasteiger partial charge in [-0.2, -0.15) is 0 Å². The van der Waals surface area contributed by atoms with Crippen molar-refractivity contribution in [3.8, 4) is 69.7 Å². The van der Waals surface area contributed by atoms with Gasteiger partial charge < -0.3 is 38.8 Å². The molecule has 3 aromatic heterocycles. The van der Waals surface area contributed by atoms with Gasteiger partial charge in [0.05, 0.1) is 36.5 Å². The molecule has 0 saturated carbocycles. The van der Waals surface area contributed by atoms with E-state index in [4.69, 9.17) is 55.1 Å². The molecule has 0 radical (unpaired) electrons. The van der Waals surface area contributed by atoms with Gasteiger partial charge in [0.2, 0.25) is 0 Å². The van der Waals surface area contributed by atoms with Crippen LogP contribution in [0.15, 0.2) is 83.9 Å². The van der Waals surface area contributed by atoms with Gasteiger partial charge in [0, 0.05) is 61.6 Å². The number of aromatic nitrogens is 8. The molecule has 13 heteroatoms. The molecular weight excluding hydrogens is 1030 g/mol. The minimum Gasteiger partial charge on any atom is -0.412 e. The number of fused-ring (bicyclic) bond motifs is 20. The second kappa shape index (κ2) is 20.1. The van der Waals surface area contributed by atoms with Crippen molar-refractivity contribution in [1.82, 2.24) is 39.9 Å². The Labute approximate surface area is 471 Å². The Hall–Kier alpha value is -5.92. The van der Waals surface area contributed by atoms with Gasteiger partial charge in [-0.1, -0.05) is 164 Å². The van der Waals surface area contributed by atoms with E-state index in [9.17, 15) is 0 Å². The molecule has 2 aliphatic rings. The van der Waals surface area contributed by atoms with Crippen molar-refractivity contribution < 1.29 is 28.3 Å². The van der Waals surface area contributed by atoms with Crippen LogP contribution >= 0.6 is 0 Å². The molecular formula is C64H74N8O2Si2Zn. The van der Waals surface area contributed by atoms with Crippen LogP contribution in [-0.2, 0) is 44.6 Å². The molecule has 0 fully saturated rings. The molecule has 77 heavy (non-hydrogen) atoms. The van der Waals surface area contributed by atoms with E-state index in [1.807, 2.05) is 18.2 Å². The van der Waals surface area contributed by atoms with Crippen molar-refractivity contribution in [3.63, 3.8) is 0 Å². The number of rotatable bonds is 6. The van der Waals surface area contributed by atoms with Crippen molar-refractivity contribution in [2.24, 2.45) is 0 Å². The van der Waals surface area contributed by atoms with Crippen LogP contribution in [0, 0.1) is 24.2 Å². The molecule has 0 aliphatic carbocycles. The monoisotopic (exact) mass is 1110 g/mol. The average molecular weight is 1110 g/mol. The molecule has 0 amide bonds. The third-order valence-electron chi connectivity index (χ3n) is 16.0. The van der Waals surface area contributed by atoms with Crippen molar-refractivity contribution in [3.05, 3.63) is 106 Å². The molecule has 8 bridgehead atoms. The predicted octanol–water partition coefficient (Wildman–Crippen LogP) is 15.3. The van der Waals surface area contributed by atoms with E-state index < -0.39 is 16.6 Å². The molecule has 0 saturated heterocycles. The topological polar surface area (TPSA) is 124 Å². The Morgan fingerprint density at radius 2 is 0.818 bits per heavy atom. The van der Waals surface area contributed by atoms with Gasteiger partial charge in [-0.05, 0) is 121 Å². The maximum atomic E-state index is 6.81. The largest absolute Gasteiger partial charge is 2.00 e. The minimum atomic E-state index is -2.19. The second-order valence-electron chi connectivity index (χ2n) is 26.7. The van der Waals surface area contributed by atoms with E-state index in [0.717, 1.165) is 71.6 Å². The summed E-state index contributed by atoms with van der Waals surface area (Å²) >= 11 is 0. The minimum absolute atomic E-state index is 0. The number of benzene rings is 4. The molecule has 2 aliphatic heterocycles. The molecule has 0 atom stereocenters. The number of nitrogens with zero attached hydrogens (tertiary/aromatic N) is 8. The second-order valence-corrected chi connectivity index (χ2v) is 36.3. The summed E-state index contributed by atoms with van der Waals surface area (Å²) in [6.07, 6.45) is 6.32. The molecule has 392 valence electrons. The molecule has 9 rings (SSSR count). The van der Waals surface area contributed by atoms with Gasteiger partial charge in [0.1, 0.15) is 0 Å². The fourth-order valence-electron chi connectivity index (χ4n) is 8.64. The van der Waals surface area contributed by atoms with E-state index in [0.29, 0.717) is 51.5 Å². The first-order valence-corrected chi connectivity index (χ1v) is 32.3. The number of terminal acetylenes is 1. The third kappa shape index (κ3) is 11.4. The van der Waals surface area contributed by atoms with E-state index in [2.05, 4.69) is 202 Å². The summed E-state index contributed by atoms with van der Waals surface area (Å²) in [7, 11) is -4.34. The molecule has 10 nitrogen and oxygen atoms in total. The fourth-order valence-corrected chi connectivity index (χ4v) is 10.5. The Morgan fingerprint density at radius 3 is 1.23 bits per heavy atom. The molecule has 4 aromatic carbocycles. The van der Waals surface area contributed by atoms with Crippen LogP contribution in [0.25, 0.3) is 89.7 Å². The summed E-state index contributed by atoms with van der Waals surface area (Å²) in [4.78, 5) is 42.2. The Kier molecular flexibility index (Phi) is 14.9. The summed E-state index contributed by atoms with van der Waals surface area (Å²) in [6.45, 7) is 42.8. The smallest absolute Gasteiger partial charge is 0.412 e. The zero-order chi connectivity index (χ0) is 55.3. The Morgan fingerprint density at radius 1 is 0.455 bits per heavy atom. The first kappa shape index (κ1) is 57.3. The van der Waals surface area contributed by atoms with E-state index in [1.165, 1.54) is 0 Å². The summed E-state index contributed by atoms with van der Waals surface area (Å²) < 4.78 is 13.5. The molecule has 5 heterocycles. The van der Waals surface area contributed by atoms with Crippen LogP contribution in [-0.4, -0.2) is 59.8 Å². The fraction of sp³-hybridized carbons (Fsp3) is 0.406. The Balaban J connectivity index is 0.00000784. The van der Waals surface area contributed by atoms with Crippen LogP contribution in [0.3, 0.4) is 0 Å². The average Bonchev–Trinajstić information content (AvgIpc) is 4.11.